The van der Waals surface area contributed by atoms with Crippen molar-refractivity contribution < 1.29 is 0 Å². The lowest BCUT2D eigenvalue weighted by Gasteiger charge is -2.49. The molecule has 0 atom stereocenters. The van der Waals surface area contributed by atoms with Gasteiger partial charge in [-0.15, -0.1) is 0 Å². The maximum absolute atomic E-state index is 3.39. The van der Waals surface area contributed by atoms with Crippen LogP contribution in [0, 0.1) is 12.3 Å². The van der Waals surface area contributed by atoms with Crippen LogP contribution in [0.15, 0.2) is 24.3 Å². The molecule has 3 rings (SSSR count). The summed E-state index contributed by atoms with van der Waals surface area (Å²) in [6.07, 6.45) is 5.77. The van der Waals surface area contributed by atoms with Gasteiger partial charge in [0.15, 0.2) is 0 Å². The molecule has 0 heterocycles. The van der Waals surface area contributed by atoms with E-state index in [0.29, 0.717) is 5.41 Å². The Morgan fingerprint density at radius 2 is 2.00 bits per heavy atom. The van der Waals surface area contributed by atoms with Gasteiger partial charge in [0.2, 0.25) is 0 Å². The summed E-state index contributed by atoms with van der Waals surface area (Å²) in [5.74, 6) is 0. The Hall–Kier alpha value is -0.820. The average Bonchev–Trinajstić information content (AvgIpc) is 2.97. The highest BCUT2D eigenvalue weighted by Crippen LogP contribution is 2.68. The highest BCUT2D eigenvalue weighted by molar-refractivity contribution is 5.36. The first-order valence-electron chi connectivity index (χ1n) is 6.40. The third-order valence-electron chi connectivity index (χ3n) is 4.53. The zero-order valence-electron chi connectivity index (χ0n) is 10.3. The zero-order valence-corrected chi connectivity index (χ0v) is 10.3. The summed E-state index contributed by atoms with van der Waals surface area (Å²) >= 11 is 0. The monoisotopic (exact) mass is 215 g/mol. The van der Waals surface area contributed by atoms with Crippen LogP contribution in [0.3, 0.4) is 0 Å². The molecule has 16 heavy (non-hydrogen) atoms. The van der Waals surface area contributed by atoms with Gasteiger partial charge < -0.3 is 5.32 Å². The van der Waals surface area contributed by atoms with E-state index in [-0.39, 0.29) is 0 Å². The minimum absolute atomic E-state index is 0.442. The first-order valence-corrected chi connectivity index (χ1v) is 6.40. The minimum Gasteiger partial charge on any atom is -0.319 e. The Labute approximate surface area is 98.3 Å². The first-order chi connectivity index (χ1) is 7.68. The van der Waals surface area contributed by atoms with E-state index in [4.69, 9.17) is 0 Å². The summed E-state index contributed by atoms with van der Waals surface area (Å²) in [5.41, 5.74) is 4.15. The topological polar surface area (TPSA) is 12.0 Å². The van der Waals surface area contributed by atoms with Crippen molar-refractivity contribution in [3.63, 3.8) is 0 Å². The van der Waals surface area contributed by atoms with E-state index in [9.17, 15) is 0 Å². The number of nitrogens with one attached hydrogen (secondary N) is 1. The van der Waals surface area contributed by atoms with Crippen LogP contribution in [0.5, 0.6) is 0 Å². The van der Waals surface area contributed by atoms with Crippen molar-refractivity contribution in [1.29, 1.82) is 0 Å². The predicted octanol–water partition coefficient (Wildman–Crippen LogP) is 3.03. The van der Waals surface area contributed by atoms with Gasteiger partial charge in [-0.05, 0) is 50.6 Å². The molecule has 1 heteroatoms. The summed E-state index contributed by atoms with van der Waals surface area (Å²) in [5, 5.41) is 3.39. The molecule has 0 radical (unpaired) electrons. The SMILES string of the molecule is CNCC1(c2cccc(C)c2)CC2(CC2)C1. The molecule has 2 aliphatic rings. The van der Waals surface area contributed by atoms with Crippen LogP contribution in [-0.4, -0.2) is 13.6 Å². The molecule has 0 aliphatic heterocycles. The van der Waals surface area contributed by atoms with Crippen molar-refractivity contribution in [3.05, 3.63) is 35.4 Å². The summed E-state index contributed by atoms with van der Waals surface area (Å²) in [4.78, 5) is 0. The normalized spacial score (nSPS) is 24.1. The predicted molar refractivity (Wildman–Crippen MR) is 67.7 cm³/mol. The van der Waals surface area contributed by atoms with Crippen LogP contribution >= 0.6 is 0 Å². The maximum Gasteiger partial charge on any atom is 0.00883 e. The van der Waals surface area contributed by atoms with E-state index in [1.165, 1.54) is 31.2 Å². The highest BCUT2D eigenvalue weighted by atomic mass is 14.9. The van der Waals surface area contributed by atoms with Crippen molar-refractivity contribution in [1.82, 2.24) is 5.32 Å². The largest absolute Gasteiger partial charge is 0.319 e. The summed E-state index contributed by atoms with van der Waals surface area (Å²) in [7, 11) is 2.08. The van der Waals surface area contributed by atoms with Crippen LogP contribution in [0.1, 0.15) is 36.8 Å². The summed E-state index contributed by atoms with van der Waals surface area (Å²) < 4.78 is 0. The fraction of sp³-hybridized carbons (Fsp3) is 0.600. The van der Waals surface area contributed by atoms with E-state index in [1.54, 1.807) is 5.56 Å². The molecule has 1 nitrogen and oxygen atoms in total. The fourth-order valence-corrected chi connectivity index (χ4v) is 3.66. The van der Waals surface area contributed by atoms with Crippen LogP contribution in [0.25, 0.3) is 0 Å². The lowest BCUT2D eigenvalue weighted by atomic mass is 9.56. The second kappa shape index (κ2) is 3.33. The molecule has 0 amide bonds. The number of hydrogen-bond donors (Lipinski definition) is 1. The van der Waals surface area contributed by atoms with Crippen LogP contribution in [0.4, 0.5) is 0 Å². The van der Waals surface area contributed by atoms with E-state index in [2.05, 4.69) is 43.6 Å². The molecule has 0 unspecified atom stereocenters. The van der Waals surface area contributed by atoms with Gasteiger partial charge in [-0.25, -0.2) is 0 Å². The second-order valence-electron chi connectivity index (χ2n) is 6.03. The maximum atomic E-state index is 3.39. The van der Waals surface area contributed by atoms with Gasteiger partial charge in [-0.1, -0.05) is 29.8 Å². The van der Waals surface area contributed by atoms with Crippen molar-refractivity contribution in [2.24, 2.45) is 5.41 Å². The third-order valence-corrected chi connectivity index (χ3v) is 4.53. The highest BCUT2D eigenvalue weighted by Gasteiger charge is 2.60. The number of aryl methyl sites for hydroxylation is 1. The minimum atomic E-state index is 0.442. The lowest BCUT2D eigenvalue weighted by molar-refractivity contribution is 0.118. The van der Waals surface area contributed by atoms with E-state index in [0.717, 1.165) is 12.0 Å². The number of benzene rings is 1. The molecule has 2 aliphatic carbocycles. The quantitative estimate of drug-likeness (QED) is 0.817. The molecule has 1 aromatic rings. The number of likely N-dealkylation sites (N-methyl/N-ethyl adjacent to an activating group) is 1. The van der Waals surface area contributed by atoms with E-state index < -0.39 is 0 Å². The molecule has 1 aromatic carbocycles. The van der Waals surface area contributed by atoms with Crippen LogP contribution in [-0.2, 0) is 5.41 Å². The van der Waals surface area contributed by atoms with Gasteiger partial charge in [0.25, 0.3) is 0 Å². The molecule has 0 saturated heterocycles. The van der Waals surface area contributed by atoms with E-state index in [1.807, 2.05) is 0 Å². The van der Waals surface area contributed by atoms with Gasteiger partial charge in [-0.3, -0.25) is 0 Å². The van der Waals surface area contributed by atoms with E-state index >= 15 is 0 Å². The molecule has 2 saturated carbocycles. The smallest absolute Gasteiger partial charge is 0.00883 e. The molecule has 2 fully saturated rings. The van der Waals surface area contributed by atoms with Crippen LogP contribution in [0.2, 0.25) is 0 Å². The Bertz CT molecular complexity index is 396. The van der Waals surface area contributed by atoms with Gasteiger partial charge >= 0.3 is 0 Å². The second-order valence-corrected chi connectivity index (χ2v) is 6.03. The molecule has 0 bridgehead atoms. The Morgan fingerprint density at radius 1 is 1.25 bits per heavy atom. The zero-order chi connectivity index (χ0) is 11.2. The Balaban J connectivity index is 1.88. The Kier molecular flexibility index (Phi) is 2.16. The molecule has 1 N–H and O–H groups in total. The lowest BCUT2D eigenvalue weighted by Crippen LogP contribution is -2.49. The summed E-state index contributed by atoms with van der Waals surface area (Å²) in [6, 6.07) is 9.11. The number of hydrogen-bond acceptors (Lipinski definition) is 1. The van der Waals surface area contributed by atoms with Crippen LogP contribution < -0.4 is 5.32 Å². The van der Waals surface area contributed by atoms with Gasteiger partial charge in [0.05, 0.1) is 0 Å². The van der Waals surface area contributed by atoms with Crippen molar-refractivity contribution in [3.8, 4) is 0 Å². The first kappa shape index (κ1) is 10.3. The van der Waals surface area contributed by atoms with Crippen molar-refractivity contribution >= 4 is 0 Å². The summed E-state index contributed by atoms with van der Waals surface area (Å²) in [6.45, 7) is 3.33. The number of rotatable bonds is 3. The average molecular weight is 215 g/mol. The van der Waals surface area contributed by atoms with Gasteiger partial charge in [-0.2, -0.15) is 0 Å². The van der Waals surface area contributed by atoms with Gasteiger partial charge in [0.1, 0.15) is 0 Å². The standard InChI is InChI=1S/C15H21N/c1-12-4-3-5-13(8-12)15(11-16-2)9-14(10-15)6-7-14/h3-5,8,16H,6-7,9-11H2,1-2H3. The van der Waals surface area contributed by atoms with Gasteiger partial charge in [0, 0.05) is 12.0 Å². The molecule has 1 spiro atoms. The molecular formula is C15H21N. The third kappa shape index (κ3) is 1.49. The van der Waals surface area contributed by atoms with Crippen molar-refractivity contribution in [2.75, 3.05) is 13.6 Å². The van der Waals surface area contributed by atoms with Crippen molar-refractivity contribution in [2.45, 2.75) is 38.0 Å². The Morgan fingerprint density at radius 3 is 2.56 bits per heavy atom. The molecule has 86 valence electrons. The fourth-order valence-electron chi connectivity index (χ4n) is 3.66. The molecule has 0 aromatic heterocycles. The molecular weight excluding hydrogens is 194 g/mol.